The van der Waals surface area contributed by atoms with Crippen molar-refractivity contribution < 1.29 is 19.0 Å². The summed E-state index contributed by atoms with van der Waals surface area (Å²) in [5.41, 5.74) is 3.48. The SMILES string of the molecule is COc1ccc(-c2nc3n(n2)[C@@H](c2ccc4c(c2)OCO4)C2=C(CCCC2=O)N3)cc1. The zero-order chi connectivity index (χ0) is 20.9. The highest BCUT2D eigenvalue weighted by Gasteiger charge is 2.37. The van der Waals surface area contributed by atoms with Gasteiger partial charge in [0.1, 0.15) is 11.8 Å². The van der Waals surface area contributed by atoms with Gasteiger partial charge in [-0.2, -0.15) is 4.98 Å². The summed E-state index contributed by atoms with van der Waals surface area (Å²) in [6.07, 6.45) is 2.18. The predicted molar refractivity (Wildman–Crippen MR) is 112 cm³/mol. The van der Waals surface area contributed by atoms with E-state index in [-0.39, 0.29) is 18.6 Å². The van der Waals surface area contributed by atoms with Crippen LogP contribution in [0.3, 0.4) is 0 Å². The van der Waals surface area contributed by atoms with E-state index in [4.69, 9.17) is 24.3 Å². The van der Waals surface area contributed by atoms with E-state index in [1.165, 1.54) is 0 Å². The number of carbonyl (C=O) groups is 1. The molecule has 1 atom stereocenters. The third-order valence-corrected chi connectivity index (χ3v) is 5.93. The van der Waals surface area contributed by atoms with E-state index in [1.807, 2.05) is 42.5 Å². The third kappa shape index (κ3) is 2.86. The summed E-state index contributed by atoms with van der Waals surface area (Å²) < 4.78 is 18.1. The van der Waals surface area contributed by atoms with Gasteiger partial charge in [0.25, 0.3) is 0 Å². The molecule has 0 fully saturated rings. The van der Waals surface area contributed by atoms with Crippen LogP contribution >= 0.6 is 0 Å². The van der Waals surface area contributed by atoms with Crippen molar-refractivity contribution in [1.82, 2.24) is 14.8 Å². The molecule has 1 aromatic heterocycles. The maximum Gasteiger partial charge on any atom is 0.231 e. The van der Waals surface area contributed by atoms with Crippen LogP contribution in [0.4, 0.5) is 5.95 Å². The molecule has 2 aliphatic heterocycles. The summed E-state index contributed by atoms with van der Waals surface area (Å²) in [5.74, 6) is 3.51. The van der Waals surface area contributed by atoms with Crippen molar-refractivity contribution in [3.63, 3.8) is 0 Å². The topological polar surface area (TPSA) is 87.5 Å². The fourth-order valence-electron chi connectivity index (χ4n) is 4.41. The van der Waals surface area contributed by atoms with Crippen LogP contribution in [0.5, 0.6) is 17.2 Å². The summed E-state index contributed by atoms with van der Waals surface area (Å²) in [4.78, 5) is 17.7. The Labute approximate surface area is 178 Å². The third-order valence-electron chi connectivity index (χ3n) is 5.93. The first-order valence-electron chi connectivity index (χ1n) is 10.2. The van der Waals surface area contributed by atoms with Crippen molar-refractivity contribution in [3.05, 3.63) is 59.3 Å². The second kappa shape index (κ2) is 6.87. The number of benzene rings is 2. The zero-order valence-electron chi connectivity index (χ0n) is 16.9. The first-order chi connectivity index (χ1) is 15.2. The number of hydrogen-bond donors (Lipinski definition) is 1. The number of aromatic nitrogens is 3. The summed E-state index contributed by atoms with van der Waals surface area (Å²) in [5, 5.41) is 8.16. The van der Waals surface area contributed by atoms with Gasteiger partial charge >= 0.3 is 0 Å². The molecule has 2 aromatic carbocycles. The minimum Gasteiger partial charge on any atom is -0.497 e. The van der Waals surface area contributed by atoms with Crippen LogP contribution < -0.4 is 19.5 Å². The standard InChI is InChI=1S/C23H20N4O4/c1-29-15-8-5-13(6-9-15)22-25-23-24-16-3-2-4-17(28)20(16)21(27(23)26-22)14-7-10-18-19(11-14)31-12-30-18/h5-11,21H,2-4,12H2,1H3,(H,24,25,26)/t21-/m0/s1. The molecule has 3 heterocycles. The minimum atomic E-state index is -0.368. The Bertz CT molecular complexity index is 1230. The lowest BCUT2D eigenvalue weighted by Gasteiger charge is -2.32. The van der Waals surface area contributed by atoms with Crippen molar-refractivity contribution in [2.24, 2.45) is 0 Å². The molecule has 1 aliphatic carbocycles. The van der Waals surface area contributed by atoms with Crippen LogP contribution in [-0.4, -0.2) is 34.5 Å². The molecule has 156 valence electrons. The molecular formula is C23H20N4O4. The zero-order valence-corrected chi connectivity index (χ0v) is 16.9. The van der Waals surface area contributed by atoms with Gasteiger partial charge in [-0.05, 0) is 54.8 Å². The van der Waals surface area contributed by atoms with Crippen molar-refractivity contribution in [2.45, 2.75) is 25.3 Å². The highest BCUT2D eigenvalue weighted by atomic mass is 16.7. The van der Waals surface area contributed by atoms with Crippen molar-refractivity contribution in [3.8, 4) is 28.6 Å². The van der Waals surface area contributed by atoms with Gasteiger partial charge in [0, 0.05) is 23.3 Å². The molecule has 0 radical (unpaired) electrons. The quantitative estimate of drug-likeness (QED) is 0.696. The van der Waals surface area contributed by atoms with E-state index in [0.717, 1.165) is 41.0 Å². The second-order valence-electron chi connectivity index (χ2n) is 7.74. The number of hydrogen-bond acceptors (Lipinski definition) is 7. The highest BCUT2D eigenvalue weighted by Crippen LogP contribution is 2.43. The number of methoxy groups -OCH3 is 1. The molecule has 1 N–H and O–H groups in total. The van der Waals surface area contributed by atoms with Crippen LogP contribution in [-0.2, 0) is 4.79 Å². The average Bonchev–Trinajstić information content (AvgIpc) is 3.44. The summed E-state index contributed by atoms with van der Waals surface area (Å²) in [6.45, 7) is 0.202. The Balaban J connectivity index is 1.49. The molecular weight excluding hydrogens is 396 g/mol. The van der Waals surface area contributed by atoms with Gasteiger partial charge in [0.15, 0.2) is 23.1 Å². The summed E-state index contributed by atoms with van der Waals surface area (Å²) in [6, 6.07) is 13.0. The van der Waals surface area contributed by atoms with Crippen molar-refractivity contribution in [1.29, 1.82) is 0 Å². The molecule has 0 saturated heterocycles. The second-order valence-corrected chi connectivity index (χ2v) is 7.74. The smallest absolute Gasteiger partial charge is 0.231 e. The lowest BCUT2D eigenvalue weighted by atomic mass is 9.85. The molecule has 0 unspecified atom stereocenters. The van der Waals surface area contributed by atoms with Crippen LogP contribution in [0.25, 0.3) is 11.4 Å². The fourth-order valence-corrected chi connectivity index (χ4v) is 4.41. The Kier molecular flexibility index (Phi) is 3.99. The summed E-state index contributed by atoms with van der Waals surface area (Å²) >= 11 is 0. The number of ether oxygens (including phenoxy) is 3. The number of anilines is 1. The maximum atomic E-state index is 13.0. The molecule has 0 saturated carbocycles. The van der Waals surface area contributed by atoms with Crippen LogP contribution in [0, 0.1) is 0 Å². The van der Waals surface area contributed by atoms with Gasteiger partial charge in [0.05, 0.1) is 7.11 Å². The Morgan fingerprint density at radius 1 is 1.10 bits per heavy atom. The number of rotatable bonds is 3. The van der Waals surface area contributed by atoms with E-state index in [2.05, 4.69) is 5.32 Å². The molecule has 0 spiro atoms. The van der Waals surface area contributed by atoms with E-state index in [0.29, 0.717) is 29.7 Å². The van der Waals surface area contributed by atoms with Gasteiger partial charge in [-0.15, -0.1) is 5.10 Å². The van der Waals surface area contributed by atoms with Crippen LogP contribution in [0.15, 0.2) is 53.7 Å². The number of nitrogens with one attached hydrogen (secondary N) is 1. The molecule has 8 nitrogen and oxygen atoms in total. The van der Waals surface area contributed by atoms with Gasteiger partial charge in [-0.1, -0.05) is 6.07 Å². The predicted octanol–water partition coefficient (Wildman–Crippen LogP) is 3.70. The lowest BCUT2D eigenvalue weighted by molar-refractivity contribution is -0.116. The van der Waals surface area contributed by atoms with Gasteiger partial charge < -0.3 is 19.5 Å². The fraction of sp³-hybridized carbons (Fsp3) is 0.261. The Morgan fingerprint density at radius 2 is 1.94 bits per heavy atom. The van der Waals surface area contributed by atoms with Crippen LogP contribution in [0.2, 0.25) is 0 Å². The Hall–Kier alpha value is -3.81. The molecule has 31 heavy (non-hydrogen) atoms. The van der Waals surface area contributed by atoms with Gasteiger partial charge in [0.2, 0.25) is 12.7 Å². The first-order valence-corrected chi connectivity index (χ1v) is 10.2. The number of ketones is 1. The van der Waals surface area contributed by atoms with Crippen molar-refractivity contribution in [2.75, 3.05) is 19.2 Å². The number of fused-ring (bicyclic) bond motifs is 2. The number of nitrogens with zero attached hydrogens (tertiary/aromatic N) is 3. The first kappa shape index (κ1) is 18.0. The van der Waals surface area contributed by atoms with Gasteiger partial charge in [-0.25, -0.2) is 4.68 Å². The molecule has 0 amide bonds. The van der Waals surface area contributed by atoms with Crippen LogP contribution in [0.1, 0.15) is 30.9 Å². The Morgan fingerprint density at radius 3 is 2.77 bits per heavy atom. The number of carbonyl (C=O) groups excluding carboxylic acids is 1. The van der Waals surface area contributed by atoms with E-state index >= 15 is 0 Å². The summed E-state index contributed by atoms with van der Waals surface area (Å²) in [7, 11) is 1.63. The molecule has 8 heteroatoms. The number of Topliss-reactive ketones (excluding diaryl/α,β-unsaturated/α-hetero) is 1. The normalized spacial score (nSPS) is 19.0. The monoisotopic (exact) mass is 416 g/mol. The highest BCUT2D eigenvalue weighted by molar-refractivity contribution is 5.99. The average molecular weight is 416 g/mol. The molecule has 0 bridgehead atoms. The number of allylic oxidation sites excluding steroid dienone is 2. The largest absolute Gasteiger partial charge is 0.497 e. The molecule has 3 aromatic rings. The molecule has 6 rings (SSSR count). The van der Waals surface area contributed by atoms with E-state index < -0.39 is 0 Å². The maximum absolute atomic E-state index is 13.0. The van der Waals surface area contributed by atoms with Gasteiger partial charge in [-0.3, -0.25) is 4.79 Å². The molecule has 3 aliphatic rings. The minimum absolute atomic E-state index is 0.142. The van der Waals surface area contributed by atoms with E-state index in [1.54, 1.807) is 11.8 Å². The van der Waals surface area contributed by atoms with Crippen molar-refractivity contribution >= 4 is 11.7 Å². The lowest BCUT2D eigenvalue weighted by Crippen LogP contribution is -2.31. The van der Waals surface area contributed by atoms with E-state index in [9.17, 15) is 4.79 Å².